The first-order valence-corrected chi connectivity index (χ1v) is 5.43. The minimum atomic E-state index is 0.512. The van der Waals surface area contributed by atoms with E-state index in [1.165, 1.54) is 25.7 Å². The Morgan fingerprint density at radius 3 is 3.00 bits per heavy atom. The van der Waals surface area contributed by atoms with Gasteiger partial charge >= 0.3 is 0 Å². The second-order valence-electron chi connectivity index (χ2n) is 3.91. The molecule has 0 radical (unpaired) electrons. The zero-order chi connectivity index (χ0) is 10.5. The molecule has 3 N–H and O–H groups in total. The molecule has 0 saturated heterocycles. The molecule has 2 rings (SSSR count). The molecule has 0 unspecified atom stereocenters. The molecule has 1 aliphatic carbocycles. The molecule has 1 aliphatic rings. The van der Waals surface area contributed by atoms with Crippen LogP contribution in [0.15, 0.2) is 27.8 Å². The first kappa shape index (κ1) is 10.1. The van der Waals surface area contributed by atoms with Crippen LogP contribution in [0.2, 0.25) is 0 Å². The summed E-state index contributed by atoms with van der Waals surface area (Å²) in [5.74, 6) is 1.37. The molecule has 0 bridgehead atoms. The summed E-state index contributed by atoms with van der Waals surface area (Å²) in [6.45, 7) is 0.512. The Morgan fingerprint density at radius 2 is 2.33 bits per heavy atom. The number of nitrogens with two attached hydrogens (primary N) is 1. The Hall–Kier alpha value is -1.45. The normalized spacial score (nSPS) is 18.3. The molecule has 1 aromatic rings. The summed E-state index contributed by atoms with van der Waals surface area (Å²) in [6, 6.07) is 4.27. The topological polar surface area (TPSA) is 63.5 Å². The maximum atomic E-state index is 5.77. The van der Waals surface area contributed by atoms with Crippen molar-refractivity contribution >= 4 is 5.96 Å². The van der Waals surface area contributed by atoms with Crippen molar-refractivity contribution in [1.82, 2.24) is 5.32 Å². The molecule has 0 spiro atoms. The summed E-state index contributed by atoms with van der Waals surface area (Å²) in [5.41, 5.74) is 5.77. The van der Waals surface area contributed by atoms with Gasteiger partial charge in [0.25, 0.3) is 0 Å². The van der Waals surface area contributed by atoms with Crippen LogP contribution in [-0.4, -0.2) is 12.0 Å². The lowest BCUT2D eigenvalue weighted by Crippen LogP contribution is -2.38. The van der Waals surface area contributed by atoms with E-state index in [9.17, 15) is 0 Å². The number of hydrogen-bond donors (Lipinski definition) is 2. The van der Waals surface area contributed by atoms with E-state index in [1.54, 1.807) is 6.26 Å². The van der Waals surface area contributed by atoms with Gasteiger partial charge in [-0.3, -0.25) is 0 Å². The monoisotopic (exact) mass is 207 g/mol. The molecule has 82 valence electrons. The zero-order valence-corrected chi connectivity index (χ0v) is 8.78. The van der Waals surface area contributed by atoms with Crippen molar-refractivity contribution in [3.63, 3.8) is 0 Å². The van der Waals surface area contributed by atoms with Crippen LogP contribution in [0.5, 0.6) is 0 Å². The van der Waals surface area contributed by atoms with Crippen molar-refractivity contribution in [1.29, 1.82) is 0 Å². The van der Waals surface area contributed by atoms with Crippen LogP contribution in [0.4, 0.5) is 0 Å². The molecule has 0 aliphatic heterocycles. The minimum absolute atomic E-state index is 0.512. The van der Waals surface area contributed by atoms with E-state index in [4.69, 9.17) is 10.2 Å². The van der Waals surface area contributed by atoms with Crippen molar-refractivity contribution < 1.29 is 4.42 Å². The highest BCUT2D eigenvalue weighted by molar-refractivity contribution is 5.78. The Balaban J connectivity index is 1.79. The van der Waals surface area contributed by atoms with Gasteiger partial charge in [0.15, 0.2) is 5.96 Å². The van der Waals surface area contributed by atoms with E-state index < -0.39 is 0 Å². The molecular formula is C11H17N3O. The minimum Gasteiger partial charge on any atom is -0.467 e. The molecule has 1 heterocycles. The summed E-state index contributed by atoms with van der Waals surface area (Å²) in [6.07, 6.45) is 6.64. The predicted octanol–water partition coefficient (Wildman–Crippen LogP) is 1.63. The van der Waals surface area contributed by atoms with Gasteiger partial charge in [0.1, 0.15) is 12.3 Å². The summed E-state index contributed by atoms with van der Waals surface area (Å²) >= 11 is 0. The highest BCUT2D eigenvalue weighted by atomic mass is 16.3. The van der Waals surface area contributed by atoms with Crippen molar-refractivity contribution in [2.24, 2.45) is 10.7 Å². The number of guanidine groups is 1. The number of aliphatic imine (C=N–C) groups is 1. The van der Waals surface area contributed by atoms with Crippen molar-refractivity contribution in [3.8, 4) is 0 Å². The third-order valence-electron chi connectivity index (χ3n) is 2.69. The van der Waals surface area contributed by atoms with Gasteiger partial charge in [-0.2, -0.15) is 0 Å². The lowest BCUT2D eigenvalue weighted by Gasteiger charge is -2.11. The highest BCUT2D eigenvalue weighted by Crippen LogP contribution is 2.17. The van der Waals surface area contributed by atoms with Crippen molar-refractivity contribution in [2.75, 3.05) is 0 Å². The standard InChI is InChI=1S/C11H17N3O/c12-11(14-9-4-1-2-5-9)13-8-10-6-3-7-15-10/h3,6-7,9H,1-2,4-5,8H2,(H3,12,13,14). The number of nitrogens with one attached hydrogen (secondary N) is 1. The Labute approximate surface area is 89.6 Å². The van der Waals surface area contributed by atoms with Crippen LogP contribution < -0.4 is 11.1 Å². The van der Waals surface area contributed by atoms with Crippen LogP contribution in [0.1, 0.15) is 31.4 Å². The third-order valence-corrected chi connectivity index (χ3v) is 2.69. The second-order valence-corrected chi connectivity index (χ2v) is 3.91. The first-order chi connectivity index (χ1) is 7.34. The van der Waals surface area contributed by atoms with Gasteiger partial charge in [0.05, 0.1) is 6.26 Å². The Kier molecular flexibility index (Phi) is 3.27. The summed E-state index contributed by atoms with van der Waals surface area (Å²) in [7, 11) is 0. The molecule has 1 aromatic heterocycles. The highest BCUT2D eigenvalue weighted by Gasteiger charge is 2.14. The van der Waals surface area contributed by atoms with Gasteiger partial charge in [-0.05, 0) is 25.0 Å². The average Bonchev–Trinajstić information content (AvgIpc) is 2.86. The maximum Gasteiger partial charge on any atom is 0.189 e. The van der Waals surface area contributed by atoms with Crippen LogP contribution in [0, 0.1) is 0 Å². The molecule has 1 fully saturated rings. The summed E-state index contributed by atoms with van der Waals surface area (Å²) in [4.78, 5) is 4.22. The molecule has 4 nitrogen and oxygen atoms in total. The SMILES string of the molecule is NC(=NCc1ccco1)NC1CCCC1. The number of rotatable bonds is 3. The van der Waals surface area contributed by atoms with Crippen LogP contribution in [0.3, 0.4) is 0 Å². The quantitative estimate of drug-likeness (QED) is 0.585. The number of hydrogen-bond acceptors (Lipinski definition) is 2. The van der Waals surface area contributed by atoms with Crippen LogP contribution in [-0.2, 0) is 6.54 Å². The van der Waals surface area contributed by atoms with Gasteiger partial charge in [-0.1, -0.05) is 12.8 Å². The second kappa shape index (κ2) is 4.87. The molecule has 0 amide bonds. The summed E-state index contributed by atoms with van der Waals surface area (Å²) in [5, 5.41) is 3.23. The summed E-state index contributed by atoms with van der Waals surface area (Å²) < 4.78 is 5.16. The Morgan fingerprint density at radius 1 is 1.53 bits per heavy atom. The van der Waals surface area contributed by atoms with E-state index in [2.05, 4.69) is 10.3 Å². The fourth-order valence-electron chi connectivity index (χ4n) is 1.89. The largest absolute Gasteiger partial charge is 0.467 e. The van der Waals surface area contributed by atoms with Gasteiger partial charge in [0.2, 0.25) is 0 Å². The van der Waals surface area contributed by atoms with Crippen LogP contribution in [0.25, 0.3) is 0 Å². The van der Waals surface area contributed by atoms with E-state index in [0.29, 0.717) is 18.5 Å². The number of furan rings is 1. The van der Waals surface area contributed by atoms with Gasteiger partial charge in [-0.15, -0.1) is 0 Å². The predicted molar refractivity (Wildman–Crippen MR) is 59.4 cm³/mol. The lowest BCUT2D eigenvalue weighted by molar-refractivity contribution is 0.511. The smallest absolute Gasteiger partial charge is 0.189 e. The molecule has 0 atom stereocenters. The van der Waals surface area contributed by atoms with Gasteiger partial charge in [-0.25, -0.2) is 4.99 Å². The zero-order valence-electron chi connectivity index (χ0n) is 8.78. The van der Waals surface area contributed by atoms with Gasteiger partial charge in [0, 0.05) is 6.04 Å². The molecule has 15 heavy (non-hydrogen) atoms. The first-order valence-electron chi connectivity index (χ1n) is 5.43. The molecule has 4 heteroatoms. The number of nitrogens with zero attached hydrogens (tertiary/aromatic N) is 1. The van der Waals surface area contributed by atoms with E-state index in [-0.39, 0.29) is 0 Å². The van der Waals surface area contributed by atoms with Crippen molar-refractivity contribution in [2.45, 2.75) is 38.3 Å². The fraction of sp³-hybridized carbons (Fsp3) is 0.545. The lowest BCUT2D eigenvalue weighted by atomic mass is 10.2. The van der Waals surface area contributed by atoms with E-state index in [0.717, 1.165) is 5.76 Å². The van der Waals surface area contributed by atoms with E-state index >= 15 is 0 Å². The van der Waals surface area contributed by atoms with Crippen molar-refractivity contribution in [3.05, 3.63) is 24.2 Å². The molecular weight excluding hydrogens is 190 g/mol. The average molecular weight is 207 g/mol. The van der Waals surface area contributed by atoms with E-state index in [1.807, 2.05) is 12.1 Å². The molecule has 0 aromatic carbocycles. The maximum absolute atomic E-state index is 5.77. The van der Waals surface area contributed by atoms with Crippen LogP contribution >= 0.6 is 0 Å². The third kappa shape index (κ3) is 3.01. The molecule has 1 saturated carbocycles. The fourth-order valence-corrected chi connectivity index (χ4v) is 1.89. The van der Waals surface area contributed by atoms with Gasteiger partial charge < -0.3 is 15.5 Å². The Bertz CT molecular complexity index is 313.